The zero-order chi connectivity index (χ0) is 70.3. The van der Waals surface area contributed by atoms with Gasteiger partial charge in [-0.25, -0.2) is 10.9 Å². The summed E-state index contributed by atoms with van der Waals surface area (Å²) in [5.74, 6) is -5.34. The third-order valence-electron chi connectivity index (χ3n) is 16.2. The van der Waals surface area contributed by atoms with Gasteiger partial charge in [-0.2, -0.15) is 0 Å². The number of nitrogens with one attached hydrogen (secondary N) is 5. The number of ether oxygens (including phenoxy) is 3. The number of esters is 3. The van der Waals surface area contributed by atoms with Gasteiger partial charge in [-0.3, -0.25) is 58.3 Å². The number of aromatic nitrogens is 2. The van der Waals surface area contributed by atoms with Crippen molar-refractivity contribution in [3.63, 3.8) is 0 Å². The molecule has 21 nitrogen and oxygen atoms in total. The van der Waals surface area contributed by atoms with Gasteiger partial charge in [0.25, 0.3) is 23.6 Å². The van der Waals surface area contributed by atoms with Gasteiger partial charge >= 0.3 is 17.9 Å². The highest BCUT2D eigenvalue weighted by Crippen LogP contribution is 2.28. The first-order valence-corrected chi connectivity index (χ1v) is 33.1. The Morgan fingerprint density at radius 3 is 1.43 bits per heavy atom. The molecule has 7 N–H and O–H groups in total. The molecule has 95 heavy (non-hydrogen) atoms. The van der Waals surface area contributed by atoms with Crippen LogP contribution in [0.15, 0.2) is 98.4 Å². The fraction of sp³-hybridized carbons (Fsp3) is 0.521. The first kappa shape index (κ1) is 82.0. The van der Waals surface area contributed by atoms with Gasteiger partial charge in [0.05, 0.1) is 29.3 Å². The van der Waals surface area contributed by atoms with Crippen molar-refractivity contribution < 1.29 is 52.6 Å². The average Bonchev–Trinajstić information content (AvgIpc) is 0.939. The topological polar surface area (TPSA) is 283 Å². The van der Waals surface area contributed by atoms with Gasteiger partial charge in [0.15, 0.2) is 12.2 Å². The number of rotatable bonds is 24. The summed E-state index contributed by atoms with van der Waals surface area (Å²) < 4.78 is 14.4. The zero-order valence-corrected chi connectivity index (χ0v) is 58.9. The smallest absolute Gasteiger partial charge is 0.325 e. The van der Waals surface area contributed by atoms with E-state index in [0.29, 0.717) is 38.8 Å². The standard InChI is InChI=1S/C34H47N5O5.C23H36Cl3N3O6.C13H14N2.CH4/c1-9-12-21(5)22(6)34(43)44-30(20(3)4)32(41)37-24(8)33(42)39-16-11-13-29(38-39)31(40)36-23(7)25-14-15-26-19-35-28(10-2)18-27(26)17-25;1-7-9-14(4)15(5)21(32)35-18(13(2)3)19(30)27-16(6)20(31)29-11-8-10-17(28-29)22(33)34-12-23(24,25)26;1-3-13-7-12-6-10(9(2)14)4-5-11(12)8-15-13;/h9-10,12,14-15,17-24,29-30,38H,2,11,13,16H2,1,3-8H3,(H,36,40)(H,37,41);7,9,13-18,28H,8,10-12H2,1-6H3,(H,27,30);3-9H,1,14H2,2H3;1H4/b12-9+;9-7+;;/t21?,22?,23-,24+,29+,30+;14?,15?,16-,17-,18-;9-;/m101./s1. The Kier molecular flexibility index (Phi) is 33.7. The van der Waals surface area contributed by atoms with Gasteiger partial charge in [-0.05, 0) is 149 Å². The largest absolute Gasteiger partial charge is 0.460 e. The van der Waals surface area contributed by atoms with Crippen LogP contribution in [0.3, 0.4) is 0 Å². The predicted octanol–water partition coefficient (Wildman–Crippen LogP) is 11.3. The van der Waals surface area contributed by atoms with Crippen LogP contribution in [0.1, 0.15) is 165 Å². The molecule has 4 unspecified atom stereocenters. The monoisotopic (exact) mass is 1370 g/mol. The number of halogens is 3. The van der Waals surface area contributed by atoms with Crippen molar-refractivity contribution in [2.24, 2.45) is 41.2 Å². The van der Waals surface area contributed by atoms with Crippen molar-refractivity contribution in [2.75, 3.05) is 19.7 Å². The molecule has 0 radical (unpaired) electrons. The number of hydrogen-bond donors (Lipinski definition) is 6. The van der Waals surface area contributed by atoms with E-state index in [0.717, 1.165) is 44.1 Å². The SMILES string of the molecule is C.C/C=C/C(C)C(C)C(=O)O[C@H](C(=O)N[C@@H](C)C(=O)N1CCC[C@@H](C(=O)OCC(Cl)(Cl)Cl)N1)C(C)C.C=Cc1cc2cc([C@@H](C)N)ccc2cn1.C=Cc1cc2cc([C@@H](C)NC(=O)[C@@H]3CCCN(C(=O)[C@H](C)NC(=O)[C@@H](OC(=O)C(C)C(C)/C=C/C)C(C)C)N3)ccc2cn1. The summed E-state index contributed by atoms with van der Waals surface area (Å²) in [7, 11) is 0. The van der Waals surface area contributed by atoms with Crippen LogP contribution in [-0.4, -0.2) is 127 Å². The number of allylic oxidation sites excluding steroid dienone is 4. The number of nitrogens with two attached hydrogens (primary N) is 1. The van der Waals surface area contributed by atoms with Crippen LogP contribution < -0.4 is 32.5 Å². The molecule has 5 amide bonds. The average molecular weight is 1380 g/mol. The van der Waals surface area contributed by atoms with Crippen LogP contribution in [0.5, 0.6) is 0 Å². The number of carbonyl (C=O) groups excluding carboxylic acids is 8. The normalized spacial score (nSPS) is 18.1. The van der Waals surface area contributed by atoms with E-state index in [2.05, 4.69) is 56.0 Å². The second-order valence-corrected chi connectivity index (χ2v) is 27.2. The first-order valence-electron chi connectivity index (χ1n) is 32.0. The number of hydrazine groups is 2. The summed E-state index contributed by atoms with van der Waals surface area (Å²) in [5, 5.41) is 15.3. The van der Waals surface area contributed by atoms with E-state index in [9.17, 15) is 38.4 Å². The van der Waals surface area contributed by atoms with Crippen LogP contribution in [0.2, 0.25) is 0 Å². The lowest BCUT2D eigenvalue weighted by Gasteiger charge is -2.35. The van der Waals surface area contributed by atoms with E-state index in [-0.39, 0.29) is 55.0 Å². The molecule has 2 aliphatic rings. The maximum Gasteiger partial charge on any atom is 0.325 e. The molecule has 2 aromatic heterocycles. The fourth-order valence-electron chi connectivity index (χ4n) is 10.0. The number of carbonyl (C=O) groups is 8. The molecule has 522 valence electrons. The zero-order valence-electron chi connectivity index (χ0n) is 56.7. The Hall–Kier alpha value is -7.27. The molecule has 4 heterocycles. The molecule has 2 aliphatic heterocycles. The van der Waals surface area contributed by atoms with Gasteiger partial charge in [0.2, 0.25) is 9.70 Å². The molecule has 4 aromatic rings. The van der Waals surface area contributed by atoms with Gasteiger partial charge in [0, 0.05) is 42.3 Å². The first-order chi connectivity index (χ1) is 44.2. The molecule has 0 saturated carbocycles. The number of benzene rings is 2. The lowest BCUT2D eigenvalue weighted by atomic mass is 9.95. The van der Waals surface area contributed by atoms with Gasteiger partial charge < -0.3 is 35.9 Å². The maximum atomic E-state index is 13.3. The number of fused-ring (bicyclic) bond motifs is 2. The summed E-state index contributed by atoms with van der Waals surface area (Å²) in [6.45, 7) is 32.9. The highest BCUT2D eigenvalue weighted by molar-refractivity contribution is 6.67. The molecule has 0 spiro atoms. The lowest BCUT2D eigenvalue weighted by molar-refractivity contribution is -0.163. The summed E-state index contributed by atoms with van der Waals surface area (Å²) in [5.41, 5.74) is 15.4. The summed E-state index contributed by atoms with van der Waals surface area (Å²) in [6, 6.07) is 12.7. The van der Waals surface area contributed by atoms with Gasteiger partial charge in [-0.15, -0.1) is 0 Å². The minimum atomic E-state index is -1.74. The minimum Gasteiger partial charge on any atom is -0.460 e. The lowest BCUT2D eigenvalue weighted by Crippen LogP contribution is -2.61. The third kappa shape index (κ3) is 25.3. The van der Waals surface area contributed by atoms with Crippen LogP contribution in [0, 0.1) is 35.5 Å². The van der Waals surface area contributed by atoms with Gasteiger partial charge in [0.1, 0.15) is 30.8 Å². The quantitative estimate of drug-likeness (QED) is 0.0165. The summed E-state index contributed by atoms with van der Waals surface area (Å²) in [4.78, 5) is 112. The van der Waals surface area contributed by atoms with Crippen molar-refractivity contribution >= 4 is 116 Å². The highest BCUT2D eigenvalue weighted by atomic mass is 35.6. The Bertz CT molecular complexity index is 3340. The van der Waals surface area contributed by atoms with E-state index >= 15 is 0 Å². The second-order valence-electron chi connectivity index (χ2n) is 24.7. The molecule has 0 bridgehead atoms. The second kappa shape index (κ2) is 39.1. The Morgan fingerprint density at radius 2 is 1.03 bits per heavy atom. The molecule has 2 saturated heterocycles. The predicted molar refractivity (Wildman–Crippen MR) is 377 cm³/mol. The molecule has 2 aromatic carbocycles. The number of amides is 5. The van der Waals surface area contributed by atoms with Crippen LogP contribution >= 0.6 is 34.8 Å². The van der Waals surface area contributed by atoms with E-state index in [4.69, 9.17) is 54.7 Å². The summed E-state index contributed by atoms with van der Waals surface area (Å²) in [6.07, 6.45) is 14.7. The van der Waals surface area contributed by atoms with Crippen LogP contribution in [0.4, 0.5) is 0 Å². The molecular formula is C71H101Cl3N10O11. The molecule has 0 aliphatic carbocycles. The van der Waals surface area contributed by atoms with Crippen LogP contribution in [0.25, 0.3) is 33.7 Å². The van der Waals surface area contributed by atoms with Crippen molar-refractivity contribution in [3.8, 4) is 0 Å². The molecule has 6 rings (SSSR count). The molecule has 24 heteroatoms. The fourth-order valence-corrected chi connectivity index (χ4v) is 10.2. The van der Waals surface area contributed by atoms with E-state index < -0.39 is 94.2 Å². The summed E-state index contributed by atoms with van der Waals surface area (Å²) >= 11 is 16.8. The van der Waals surface area contributed by atoms with E-state index in [1.807, 2.05) is 115 Å². The van der Waals surface area contributed by atoms with E-state index in [1.54, 1.807) is 66.8 Å². The van der Waals surface area contributed by atoms with Crippen molar-refractivity contribution in [1.29, 1.82) is 0 Å². The number of nitrogens with zero attached hydrogens (tertiary/aromatic N) is 4. The van der Waals surface area contributed by atoms with Crippen molar-refractivity contribution in [2.45, 2.75) is 182 Å². The van der Waals surface area contributed by atoms with E-state index in [1.165, 1.54) is 16.9 Å². The maximum absolute atomic E-state index is 13.3. The third-order valence-corrected chi connectivity index (χ3v) is 16.5. The van der Waals surface area contributed by atoms with Crippen LogP contribution in [-0.2, 0) is 52.6 Å². The highest BCUT2D eigenvalue weighted by Gasteiger charge is 2.38. The Balaban J connectivity index is 0.000000409. The van der Waals surface area contributed by atoms with Gasteiger partial charge in [-0.1, -0.05) is 159 Å². The Morgan fingerprint density at radius 1 is 0.621 bits per heavy atom. The number of hydrogen-bond acceptors (Lipinski definition) is 16. The number of alkyl halides is 3. The molecule has 12 atom stereocenters. The Labute approximate surface area is 576 Å². The van der Waals surface area contributed by atoms with Crippen molar-refractivity contribution in [1.82, 2.24) is 46.8 Å². The molecule has 2 fully saturated rings. The molecular weight excluding hydrogens is 1280 g/mol. The van der Waals surface area contributed by atoms with Crippen molar-refractivity contribution in [3.05, 3.63) is 121 Å². The minimum absolute atomic E-state index is 0. The number of pyridine rings is 2.